The van der Waals surface area contributed by atoms with Crippen molar-refractivity contribution in [3.63, 3.8) is 0 Å². The van der Waals surface area contributed by atoms with Crippen LogP contribution in [0.3, 0.4) is 0 Å². The fourth-order valence-electron chi connectivity index (χ4n) is 3.34. The van der Waals surface area contributed by atoms with Crippen molar-refractivity contribution in [2.24, 2.45) is 14.1 Å². The number of carbonyl (C=O) groups excluding carboxylic acids is 1. The Morgan fingerprint density at radius 1 is 1.00 bits per heavy atom. The zero-order chi connectivity index (χ0) is 19.0. The molecule has 8 nitrogen and oxygen atoms in total. The van der Waals surface area contributed by atoms with Crippen LogP contribution in [-0.2, 0) is 14.1 Å². The minimum absolute atomic E-state index is 0.236. The molecule has 1 unspecified atom stereocenters. The Hall–Kier alpha value is -3.03. The molecular formula is C18H23N5O3. The van der Waals surface area contributed by atoms with Gasteiger partial charge < -0.3 is 10.2 Å². The first kappa shape index (κ1) is 17.8. The van der Waals surface area contributed by atoms with Crippen molar-refractivity contribution < 1.29 is 4.79 Å². The van der Waals surface area contributed by atoms with Gasteiger partial charge in [-0.25, -0.2) is 9.59 Å². The zero-order valence-electron chi connectivity index (χ0n) is 15.4. The van der Waals surface area contributed by atoms with E-state index in [2.05, 4.69) is 29.4 Å². The molecule has 0 saturated heterocycles. The number of benzene rings is 1. The zero-order valence-corrected chi connectivity index (χ0v) is 15.4. The van der Waals surface area contributed by atoms with Crippen LogP contribution in [-0.4, -0.2) is 28.3 Å². The lowest BCUT2D eigenvalue weighted by Crippen LogP contribution is -2.49. The lowest BCUT2D eigenvalue weighted by atomic mass is 9.98. The first-order valence-corrected chi connectivity index (χ1v) is 8.61. The number of carbonyl (C=O) groups is 1. The predicted molar refractivity (Wildman–Crippen MR) is 101 cm³/mol. The summed E-state index contributed by atoms with van der Waals surface area (Å²) in [7, 11) is 2.97. The molecule has 2 amide bonds. The summed E-state index contributed by atoms with van der Waals surface area (Å²) in [5.41, 5.74) is 1.31. The molecule has 8 heteroatoms. The highest BCUT2D eigenvalue weighted by Gasteiger charge is 2.31. The normalized spacial score (nSPS) is 15.8. The maximum absolute atomic E-state index is 12.7. The first-order valence-electron chi connectivity index (χ1n) is 8.61. The monoisotopic (exact) mass is 357 g/mol. The summed E-state index contributed by atoms with van der Waals surface area (Å²) < 4.78 is 2.34. The molecule has 2 N–H and O–H groups in total. The predicted octanol–water partition coefficient (Wildman–Crippen LogP) is 1.15. The fourth-order valence-corrected chi connectivity index (χ4v) is 3.34. The number of anilines is 2. The highest BCUT2D eigenvalue weighted by Crippen LogP contribution is 2.29. The van der Waals surface area contributed by atoms with Gasteiger partial charge in [-0.3, -0.25) is 19.2 Å². The Balaban J connectivity index is 2.13. The van der Waals surface area contributed by atoms with Crippen molar-refractivity contribution in [2.45, 2.75) is 19.9 Å². The lowest BCUT2D eigenvalue weighted by molar-refractivity contribution is 0.248. The number of aromatic nitrogens is 2. The smallest absolute Gasteiger partial charge is 0.332 e. The van der Waals surface area contributed by atoms with Gasteiger partial charge in [0, 0.05) is 32.9 Å². The van der Waals surface area contributed by atoms with E-state index in [9.17, 15) is 14.4 Å². The summed E-state index contributed by atoms with van der Waals surface area (Å²) in [6.07, 6.45) is 0. The molecule has 2 heterocycles. The molecule has 1 aliphatic heterocycles. The number of rotatable bonds is 4. The molecule has 0 bridgehead atoms. The molecule has 0 saturated carbocycles. The van der Waals surface area contributed by atoms with E-state index in [1.807, 2.05) is 24.3 Å². The minimum atomic E-state index is -0.616. The Bertz CT molecular complexity index is 955. The highest BCUT2D eigenvalue weighted by atomic mass is 16.2. The van der Waals surface area contributed by atoms with Crippen LogP contribution in [0.4, 0.5) is 16.3 Å². The van der Waals surface area contributed by atoms with Crippen molar-refractivity contribution in [2.75, 3.05) is 23.3 Å². The van der Waals surface area contributed by atoms with Crippen LogP contribution in [0, 0.1) is 0 Å². The molecule has 1 aromatic carbocycles. The summed E-state index contributed by atoms with van der Waals surface area (Å²) >= 11 is 0. The number of amides is 2. The van der Waals surface area contributed by atoms with E-state index < -0.39 is 23.3 Å². The molecule has 0 spiro atoms. The lowest BCUT2D eigenvalue weighted by Gasteiger charge is -2.29. The second kappa shape index (κ2) is 6.70. The number of hydrogen-bond donors (Lipinski definition) is 2. The van der Waals surface area contributed by atoms with Crippen molar-refractivity contribution in [3.05, 3.63) is 56.2 Å². The van der Waals surface area contributed by atoms with Crippen molar-refractivity contribution in [1.29, 1.82) is 0 Å². The van der Waals surface area contributed by atoms with Crippen LogP contribution in [0.5, 0.6) is 0 Å². The van der Waals surface area contributed by atoms with Crippen molar-refractivity contribution >= 4 is 17.5 Å². The Morgan fingerprint density at radius 3 is 2.19 bits per heavy atom. The number of nitrogens with zero attached hydrogens (tertiary/aromatic N) is 3. The van der Waals surface area contributed by atoms with Crippen LogP contribution in [0.2, 0.25) is 0 Å². The Labute approximate surface area is 151 Å². The molecule has 2 aromatic rings. The van der Waals surface area contributed by atoms with E-state index in [0.717, 1.165) is 28.9 Å². The summed E-state index contributed by atoms with van der Waals surface area (Å²) in [6, 6.07) is 6.69. The molecule has 26 heavy (non-hydrogen) atoms. The van der Waals surface area contributed by atoms with Crippen molar-refractivity contribution in [1.82, 2.24) is 14.5 Å². The summed E-state index contributed by atoms with van der Waals surface area (Å²) in [4.78, 5) is 39.1. The molecule has 138 valence electrons. The molecule has 3 rings (SSSR count). The number of hydrogen-bond acceptors (Lipinski definition) is 4. The number of nitrogens with one attached hydrogen (secondary N) is 2. The van der Waals surface area contributed by atoms with Crippen LogP contribution >= 0.6 is 0 Å². The van der Waals surface area contributed by atoms with E-state index >= 15 is 0 Å². The van der Waals surface area contributed by atoms with Gasteiger partial charge in [0.05, 0.1) is 11.6 Å². The maximum Gasteiger partial charge on any atom is 0.332 e. The maximum atomic E-state index is 12.7. The molecule has 1 atom stereocenters. The number of urea groups is 1. The Morgan fingerprint density at radius 2 is 1.62 bits per heavy atom. The van der Waals surface area contributed by atoms with Gasteiger partial charge in [-0.1, -0.05) is 12.1 Å². The topological polar surface area (TPSA) is 88.4 Å². The van der Waals surface area contributed by atoms with Gasteiger partial charge in [-0.05, 0) is 31.5 Å². The average Bonchev–Trinajstić information content (AvgIpc) is 2.65. The first-order chi connectivity index (χ1) is 12.4. The second-order valence-electron chi connectivity index (χ2n) is 6.26. The minimum Gasteiger partial charge on any atom is -0.372 e. The standard InChI is InChI=1S/C18H23N5O3/c1-5-23(6-2)12-9-7-11(8-10-12)14-13-15(20-17(25)19-14)21(3)18(26)22(4)16(13)24/h7-10,14H,5-6H2,1-4H3,(H2,19,20,25). The van der Waals surface area contributed by atoms with E-state index in [1.165, 1.54) is 18.7 Å². The summed E-state index contributed by atoms with van der Waals surface area (Å²) in [6.45, 7) is 5.96. The van der Waals surface area contributed by atoms with E-state index in [0.29, 0.717) is 5.56 Å². The van der Waals surface area contributed by atoms with Gasteiger partial charge in [-0.15, -0.1) is 0 Å². The molecular weight excluding hydrogens is 334 g/mol. The van der Waals surface area contributed by atoms with E-state index in [-0.39, 0.29) is 5.82 Å². The third-order valence-corrected chi connectivity index (χ3v) is 4.85. The summed E-state index contributed by atoms with van der Waals surface area (Å²) in [5, 5.41) is 5.36. The van der Waals surface area contributed by atoms with Crippen LogP contribution in [0.25, 0.3) is 0 Å². The van der Waals surface area contributed by atoms with Gasteiger partial charge in [0.25, 0.3) is 5.56 Å². The molecule has 1 aliphatic rings. The average molecular weight is 357 g/mol. The van der Waals surface area contributed by atoms with E-state index in [1.54, 1.807) is 0 Å². The third kappa shape index (κ3) is 2.77. The molecule has 0 fully saturated rings. The van der Waals surface area contributed by atoms with Gasteiger partial charge >= 0.3 is 11.7 Å². The largest absolute Gasteiger partial charge is 0.372 e. The van der Waals surface area contributed by atoms with Crippen molar-refractivity contribution in [3.8, 4) is 0 Å². The van der Waals surface area contributed by atoms with Crippen LogP contribution < -0.4 is 26.8 Å². The Kier molecular flexibility index (Phi) is 4.58. The highest BCUT2D eigenvalue weighted by molar-refractivity contribution is 5.92. The molecule has 0 aliphatic carbocycles. The fraction of sp³-hybridized carbons (Fsp3) is 0.389. The van der Waals surface area contributed by atoms with Gasteiger partial charge in [0.15, 0.2) is 0 Å². The molecule has 0 radical (unpaired) electrons. The van der Waals surface area contributed by atoms with E-state index in [4.69, 9.17) is 0 Å². The second-order valence-corrected chi connectivity index (χ2v) is 6.26. The van der Waals surface area contributed by atoms with Crippen LogP contribution in [0.15, 0.2) is 33.9 Å². The van der Waals surface area contributed by atoms with Gasteiger partial charge in [0.1, 0.15) is 5.82 Å². The van der Waals surface area contributed by atoms with Gasteiger partial charge in [-0.2, -0.15) is 0 Å². The number of fused-ring (bicyclic) bond motifs is 1. The molecule has 1 aromatic heterocycles. The van der Waals surface area contributed by atoms with Gasteiger partial charge in [0.2, 0.25) is 0 Å². The van der Waals surface area contributed by atoms with Crippen LogP contribution in [0.1, 0.15) is 31.0 Å². The third-order valence-electron chi connectivity index (χ3n) is 4.85. The SMILES string of the molecule is CCN(CC)c1ccc(C2NC(=O)Nc3c2c(=O)n(C)c(=O)n3C)cc1. The summed E-state index contributed by atoms with van der Waals surface area (Å²) in [5.74, 6) is 0.236. The quantitative estimate of drug-likeness (QED) is 0.859.